The Hall–Kier alpha value is -1.69. The average molecular weight is 425 g/mol. The molecule has 144 valence electrons. The standard InChI is InChI=1S/C20H22Cl2N2O2S/c1-14(20(26)23-2)24(13-15-8-9-16(21)12-18(15)22)19(25)10-11-27-17-6-4-3-5-7-17/h3-9,12,14H,10-11,13H2,1-2H3,(H,23,26). The number of nitrogens with one attached hydrogen (secondary N) is 1. The Labute approximate surface area is 174 Å². The molecule has 0 heterocycles. The van der Waals surface area contributed by atoms with Crippen molar-refractivity contribution in [1.29, 1.82) is 0 Å². The smallest absolute Gasteiger partial charge is 0.242 e. The maximum atomic E-state index is 12.8. The number of nitrogens with zero attached hydrogens (tertiary/aromatic N) is 1. The number of hydrogen-bond acceptors (Lipinski definition) is 3. The van der Waals surface area contributed by atoms with Crippen LogP contribution in [0.15, 0.2) is 53.4 Å². The monoisotopic (exact) mass is 424 g/mol. The number of benzene rings is 2. The summed E-state index contributed by atoms with van der Waals surface area (Å²) in [6, 6.07) is 14.4. The van der Waals surface area contributed by atoms with Gasteiger partial charge in [-0.05, 0) is 36.8 Å². The minimum Gasteiger partial charge on any atom is -0.357 e. The molecule has 1 N–H and O–H groups in total. The first-order valence-electron chi connectivity index (χ1n) is 8.55. The highest BCUT2D eigenvalue weighted by molar-refractivity contribution is 7.99. The second kappa shape index (κ2) is 10.6. The van der Waals surface area contributed by atoms with E-state index in [-0.39, 0.29) is 18.4 Å². The van der Waals surface area contributed by atoms with E-state index in [0.29, 0.717) is 22.2 Å². The van der Waals surface area contributed by atoms with Crippen LogP contribution in [0.4, 0.5) is 0 Å². The van der Waals surface area contributed by atoms with Crippen molar-refractivity contribution in [3.8, 4) is 0 Å². The SMILES string of the molecule is CNC(=O)C(C)N(Cc1ccc(Cl)cc1Cl)C(=O)CCSc1ccccc1. The molecule has 1 atom stereocenters. The van der Waals surface area contributed by atoms with Gasteiger partial charge >= 0.3 is 0 Å². The van der Waals surface area contributed by atoms with E-state index in [2.05, 4.69) is 5.32 Å². The largest absolute Gasteiger partial charge is 0.357 e. The molecule has 0 saturated carbocycles. The van der Waals surface area contributed by atoms with Crippen molar-refractivity contribution in [2.24, 2.45) is 0 Å². The maximum Gasteiger partial charge on any atom is 0.242 e. The molecular weight excluding hydrogens is 403 g/mol. The summed E-state index contributed by atoms with van der Waals surface area (Å²) >= 11 is 13.8. The second-order valence-corrected chi connectivity index (χ2v) is 7.97. The van der Waals surface area contributed by atoms with Crippen LogP contribution < -0.4 is 5.32 Å². The quantitative estimate of drug-likeness (QED) is 0.627. The highest BCUT2D eigenvalue weighted by Gasteiger charge is 2.25. The Balaban J connectivity index is 2.08. The molecule has 7 heteroatoms. The normalized spacial score (nSPS) is 11.7. The highest BCUT2D eigenvalue weighted by atomic mass is 35.5. The van der Waals surface area contributed by atoms with Gasteiger partial charge in [0.2, 0.25) is 11.8 Å². The van der Waals surface area contributed by atoms with E-state index in [1.54, 1.807) is 48.8 Å². The molecule has 0 radical (unpaired) electrons. The molecule has 0 bridgehead atoms. The molecule has 0 aliphatic carbocycles. The number of carbonyl (C=O) groups excluding carboxylic acids is 2. The van der Waals surface area contributed by atoms with Crippen LogP contribution in [0.1, 0.15) is 18.9 Å². The third-order valence-corrected chi connectivity index (χ3v) is 5.70. The molecule has 4 nitrogen and oxygen atoms in total. The summed E-state index contributed by atoms with van der Waals surface area (Å²) in [5.74, 6) is 0.318. The van der Waals surface area contributed by atoms with Gasteiger partial charge in [-0.25, -0.2) is 0 Å². The van der Waals surface area contributed by atoms with Crippen molar-refractivity contribution in [2.75, 3.05) is 12.8 Å². The van der Waals surface area contributed by atoms with E-state index < -0.39 is 6.04 Å². The summed E-state index contributed by atoms with van der Waals surface area (Å²) in [6.07, 6.45) is 0.326. The molecule has 0 fully saturated rings. The van der Waals surface area contributed by atoms with Crippen LogP contribution in [0.25, 0.3) is 0 Å². The van der Waals surface area contributed by atoms with Crippen LogP contribution in [0, 0.1) is 0 Å². The number of likely N-dealkylation sites (N-methyl/N-ethyl adjacent to an activating group) is 1. The van der Waals surface area contributed by atoms with Crippen LogP contribution >= 0.6 is 35.0 Å². The second-order valence-electron chi connectivity index (χ2n) is 5.96. The summed E-state index contributed by atoms with van der Waals surface area (Å²) in [7, 11) is 1.56. The van der Waals surface area contributed by atoms with Gasteiger partial charge in [-0.3, -0.25) is 9.59 Å². The summed E-state index contributed by atoms with van der Waals surface area (Å²) in [5, 5.41) is 3.60. The maximum absolute atomic E-state index is 12.8. The van der Waals surface area contributed by atoms with Crippen molar-refractivity contribution < 1.29 is 9.59 Å². The van der Waals surface area contributed by atoms with Gasteiger partial charge in [0, 0.05) is 40.7 Å². The van der Waals surface area contributed by atoms with E-state index in [1.165, 1.54) is 0 Å². The molecule has 0 aromatic heterocycles. The summed E-state index contributed by atoms with van der Waals surface area (Å²) in [4.78, 5) is 27.6. The van der Waals surface area contributed by atoms with Crippen molar-refractivity contribution in [1.82, 2.24) is 10.2 Å². The summed E-state index contributed by atoms with van der Waals surface area (Å²) < 4.78 is 0. The van der Waals surface area contributed by atoms with Gasteiger partial charge in [-0.15, -0.1) is 11.8 Å². The van der Waals surface area contributed by atoms with Crippen molar-refractivity contribution in [3.05, 3.63) is 64.1 Å². The molecule has 1 unspecified atom stereocenters. The number of thioether (sulfide) groups is 1. The van der Waals surface area contributed by atoms with Gasteiger partial charge in [0.1, 0.15) is 6.04 Å². The van der Waals surface area contributed by atoms with Crippen LogP contribution in [-0.2, 0) is 16.1 Å². The predicted molar refractivity (Wildman–Crippen MR) is 112 cm³/mol. The van der Waals surface area contributed by atoms with Crippen molar-refractivity contribution in [3.63, 3.8) is 0 Å². The van der Waals surface area contributed by atoms with Crippen LogP contribution in [0.3, 0.4) is 0 Å². The molecule has 2 rings (SSSR count). The Morgan fingerprint density at radius 2 is 1.85 bits per heavy atom. The first-order chi connectivity index (χ1) is 12.9. The molecule has 27 heavy (non-hydrogen) atoms. The summed E-state index contributed by atoms with van der Waals surface area (Å²) in [6.45, 7) is 1.96. The van der Waals surface area contributed by atoms with E-state index in [1.807, 2.05) is 30.3 Å². The lowest BCUT2D eigenvalue weighted by Gasteiger charge is -2.28. The van der Waals surface area contributed by atoms with Gasteiger partial charge in [0.05, 0.1) is 0 Å². The van der Waals surface area contributed by atoms with E-state index >= 15 is 0 Å². The highest BCUT2D eigenvalue weighted by Crippen LogP contribution is 2.24. The zero-order valence-electron chi connectivity index (χ0n) is 15.2. The Morgan fingerprint density at radius 1 is 1.15 bits per heavy atom. The van der Waals surface area contributed by atoms with Gasteiger partial charge in [0.15, 0.2) is 0 Å². The molecule has 2 aromatic rings. The number of halogens is 2. The fourth-order valence-corrected chi connectivity index (χ4v) is 3.87. The fourth-order valence-electron chi connectivity index (χ4n) is 2.54. The van der Waals surface area contributed by atoms with E-state index in [0.717, 1.165) is 10.5 Å². The minimum absolute atomic E-state index is 0.0967. The van der Waals surface area contributed by atoms with Crippen LogP contribution in [0.2, 0.25) is 10.0 Å². The number of rotatable bonds is 8. The Kier molecular flexibility index (Phi) is 8.48. The molecule has 0 saturated heterocycles. The lowest BCUT2D eigenvalue weighted by atomic mass is 10.1. The fraction of sp³-hybridized carbons (Fsp3) is 0.300. The van der Waals surface area contributed by atoms with Gasteiger partial charge in [-0.2, -0.15) is 0 Å². The summed E-state index contributed by atoms with van der Waals surface area (Å²) in [5.41, 5.74) is 0.751. The van der Waals surface area contributed by atoms with E-state index in [9.17, 15) is 9.59 Å². The van der Waals surface area contributed by atoms with Crippen molar-refractivity contribution in [2.45, 2.75) is 30.8 Å². The third kappa shape index (κ3) is 6.45. The third-order valence-electron chi connectivity index (χ3n) is 4.10. The molecule has 2 aromatic carbocycles. The van der Waals surface area contributed by atoms with Gasteiger partial charge in [0.25, 0.3) is 0 Å². The zero-order chi connectivity index (χ0) is 19.8. The lowest BCUT2D eigenvalue weighted by molar-refractivity contribution is -0.140. The predicted octanol–water partition coefficient (Wildman–Crippen LogP) is 4.64. The molecular formula is C20H22Cl2N2O2S. The molecule has 2 amide bonds. The average Bonchev–Trinajstić information content (AvgIpc) is 2.67. The minimum atomic E-state index is -0.601. The van der Waals surface area contributed by atoms with Crippen molar-refractivity contribution >= 4 is 46.8 Å². The van der Waals surface area contributed by atoms with Crippen LogP contribution in [-0.4, -0.2) is 35.6 Å². The Morgan fingerprint density at radius 3 is 2.48 bits per heavy atom. The number of amides is 2. The first-order valence-corrected chi connectivity index (χ1v) is 10.3. The number of hydrogen-bond donors (Lipinski definition) is 1. The number of carbonyl (C=O) groups is 2. The van der Waals surface area contributed by atoms with E-state index in [4.69, 9.17) is 23.2 Å². The molecule has 0 spiro atoms. The topological polar surface area (TPSA) is 49.4 Å². The van der Waals surface area contributed by atoms with Gasteiger partial charge in [-0.1, -0.05) is 47.5 Å². The van der Waals surface area contributed by atoms with Crippen LogP contribution in [0.5, 0.6) is 0 Å². The molecule has 0 aliphatic heterocycles. The first kappa shape index (κ1) is 21.6. The lowest BCUT2D eigenvalue weighted by Crippen LogP contribution is -2.46. The van der Waals surface area contributed by atoms with Gasteiger partial charge < -0.3 is 10.2 Å². The molecule has 0 aliphatic rings. The zero-order valence-corrected chi connectivity index (χ0v) is 17.6. The Bertz CT molecular complexity index is 787.